The molecule has 3 N–H and O–H groups in total. The second-order valence-electron chi connectivity index (χ2n) is 12.5. The third-order valence-corrected chi connectivity index (χ3v) is 10.1. The van der Waals surface area contributed by atoms with E-state index in [1.54, 1.807) is 0 Å². The monoisotopic (exact) mass is 512 g/mol. The number of allylic oxidation sites excluding steroid dienone is 4. The molecule has 4 rings (SSSR count). The van der Waals surface area contributed by atoms with Crippen molar-refractivity contribution < 1.29 is 24.9 Å². The molecule has 7 atom stereocenters. The largest absolute Gasteiger partial charge is 0.465 e. The molecule has 0 saturated heterocycles. The first-order valence-corrected chi connectivity index (χ1v) is 14.6. The molecule has 0 radical (unpaired) electrons. The minimum absolute atomic E-state index is 0.216. The summed E-state index contributed by atoms with van der Waals surface area (Å²) in [6.07, 6.45) is 16.5. The number of rotatable bonds is 9. The fourth-order valence-corrected chi connectivity index (χ4v) is 7.38. The van der Waals surface area contributed by atoms with Gasteiger partial charge in [-0.1, -0.05) is 69.2 Å². The molecule has 0 amide bonds. The number of hydrogen-bond donors (Lipinski definition) is 3. The lowest BCUT2D eigenvalue weighted by Crippen LogP contribution is -2.36. The predicted octanol–water partition coefficient (Wildman–Crippen LogP) is 5.80. The lowest BCUT2D eigenvalue weighted by atomic mass is 9.61. The van der Waals surface area contributed by atoms with Crippen LogP contribution in [-0.2, 0) is 9.53 Å². The first-order valence-electron chi connectivity index (χ1n) is 14.6. The van der Waals surface area contributed by atoms with Crippen LogP contribution >= 0.6 is 0 Å². The van der Waals surface area contributed by atoms with Gasteiger partial charge >= 0.3 is 5.97 Å². The fourth-order valence-electron chi connectivity index (χ4n) is 7.38. The van der Waals surface area contributed by atoms with Crippen molar-refractivity contribution in [1.29, 1.82) is 0 Å². The Labute approximate surface area is 223 Å². The molecule has 0 aliphatic heterocycles. The Kier molecular flexibility index (Phi) is 8.87. The van der Waals surface area contributed by atoms with Gasteiger partial charge in [0, 0.05) is 0 Å². The molecule has 4 aliphatic rings. The van der Waals surface area contributed by atoms with E-state index in [0.29, 0.717) is 55.6 Å². The molecule has 5 heteroatoms. The Morgan fingerprint density at radius 2 is 1.84 bits per heavy atom. The number of hydrogen-bond acceptors (Lipinski definition) is 5. The molecule has 4 fully saturated rings. The van der Waals surface area contributed by atoms with E-state index >= 15 is 0 Å². The summed E-state index contributed by atoms with van der Waals surface area (Å²) in [5.41, 5.74) is 2.61. The molecular weight excluding hydrogens is 464 g/mol. The SMILES string of the molecule is C=C1[C@H](O)CC(=CC=C2CCC[C@]3(C)[C@@H]([C@H](C)C=C[C@@H](O)C4(C(=O)OCCCC)CC4)CC[C@@H]23)C[C@H]1O. The Morgan fingerprint density at radius 3 is 2.49 bits per heavy atom. The molecule has 0 aromatic carbocycles. The molecule has 0 unspecified atom stereocenters. The van der Waals surface area contributed by atoms with Crippen molar-refractivity contribution >= 4 is 5.97 Å². The molecule has 4 saturated carbocycles. The van der Waals surface area contributed by atoms with Gasteiger partial charge in [0.2, 0.25) is 0 Å². The maximum absolute atomic E-state index is 12.6. The van der Waals surface area contributed by atoms with E-state index in [0.717, 1.165) is 31.3 Å². The fraction of sp³-hybridized carbons (Fsp3) is 0.719. The van der Waals surface area contributed by atoms with E-state index < -0.39 is 23.7 Å². The zero-order valence-corrected chi connectivity index (χ0v) is 23.1. The number of carbonyl (C=O) groups is 1. The molecular formula is C32H48O5. The van der Waals surface area contributed by atoms with Crippen molar-refractivity contribution in [1.82, 2.24) is 0 Å². The van der Waals surface area contributed by atoms with Crippen molar-refractivity contribution in [2.45, 2.75) is 110 Å². The summed E-state index contributed by atoms with van der Waals surface area (Å²) in [4.78, 5) is 12.6. The number of aliphatic hydroxyl groups excluding tert-OH is 3. The number of esters is 1. The first-order chi connectivity index (χ1) is 17.6. The molecule has 0 aromatic rings. The molecule has 5 nitrogen and oxygen atoms in total. The zero-order valence-electron chi connectivity index (χ0n) is 23.1. The van der Waals surface area contributed by atoms with Gasteiger partial charge in [-0.05, 0) is 93.0 Å². The molecule has 0 heterocycles. The van der Waals surface area contributed by atoms with E-state index in [4.69, 9.17) is 4.74 Å². The molecule has 0 bridgehead atoms. The van der Waals surface area contributed by atoms with Gasteiger partial charge in [0.1, 0.15) is 0 Å². The number of unbranched alkanes of at least 4 members (excludes halogenated alkanes) is 1. The van der Waals surface area contributed by atoms with Crippen molar-refractivity contribution in [3.63, 3.8) is 0 Å². The normalized spacial score (nSPS) is 35.9. The van der Waals surface area contributed by atoms with Crippen LogP contribution in [0.3, 0.4) is 0 Å². The molecule has 206 valence electrons. The highest BCUT2D eigenvalue weighted by Crippen LogP contribution is 2.59. The minimum Gasteiger partial charge on any atom is -0.465 e. The van der Waals surface area contributed by atoms with Gasteiger partial charge in [0.05, 0.1) is 30.3 Å². The Hall–Kier alpha value is -1.69. The van der Waals surface area contributed by atoms with Crippen LogP contribution < -0.4 is 0 Å². The highest BCUT2D eigenvalue weighted by Gasteiger charge is 2.56. The Balaban J connectivity index is 1.40. The third-order valence-electron chi connectivity index (χ3n) is 10.1. The average molecular weight is 513 g/mol. The van der Waals surface area contributed by atoms with Gasteiger partial charge in [-0.15, -0.1) is 0 Å². The number of aliphatic hydroxyl groups is 3. The molecule has 4 aliphatic carbocycles. The highest BCUT2D eigenvalue weighted by molar-refractivity contribution is 5.81. The van der Waals surface area contributed by atoms with Crippen LogP contribution in [0.2, 0.25) is 0 Å². The maximum atomic E-state index is 12.6. The number of ether oxygens (including phenoxy) is 1. The second kappa shape index (κ2) is 11.6. The molecule has 37 heavy (non-hydrogen) atoms. The predicted molar refractivity (Wildman–Crippen MR) is 147 cm³/mol. The quantitative estimate of drug-likeness (QED) is 0.206. The lowest BCUT2D eigenvalue weighted by molar-refractivity contribution is -0.153. The van der Waals surface area contributed by atoms with Gasteiger partial charge in [-0.2, -0.15) is 0 Å². The van der Waals surface area contributed by atoms with Gasteiger partial charge in [0.15, 0.2) is 0 Å². The van der Waals surface area contributed by atoms with Crippen LogP contribution in [0.15, 0.2) is 47.6 Å². The van der Waals surface area contributed by atoms with Crippen molar-refractivity contribution in [3.8, 4) is 0 Å². The average Bonchev–Trinajstić information content (AvgIpc) is 3.60. The Bertz CT molecular complexity index is 925. The van der Waals surface area contributed by atoms with Gasteiger partial charge in [0.25, 0.3) is 0 Å². The van der Waals surface area contributed by atoms with E-state index in [1.807, 2.05) is 6.08 Å². The van der Waals surface area contributed by atoms with Crippen LogP contribution in [0.1, 0.15) is 91.4 Å². The lowest BCUT2D eigenvalue weighted by Gasteiger charge is -2.44. The molecule has 0 spiro atoms. The number of fused-ring (bicyclic) bond motifs is 1. The first kappa shape index (κ1) is 28.3. The summed E-state index contributed by atoms with van der Waals surface area (Å²) in [5, 5.41) is 31.3. The van der Waals surface area contributed by atoms with Crippen LogP contribution in [0, 0.1) is 28.6 Å². The Morgan fingerprint density at radius 1 is 1.14 bits per heavy atom. The van der Waals surface area contributed by atoms with E-state index in [2.05, 4.69) is 45.6 Å². The highest BCUT2D eigenvalue weighted by atomic mass is 16.5. The molecule has 0 aromatic heterocycles. The van der Waals surface area contributed by atoms with E-state index in [-0.39, 0.29) is 11.4 Å². The smallest absolute Gasteiger partial charge is 0.315 e. The van der Waals surface area contributed by atoms with Crippen LogP contribution in [-0.4, -0.2) is 46.2 Å². The summed E-state index contributed by atoms with van der Waals surface area (Å²) in [5.74, 6) is 1.16. The third kappa shape index (κ3) is 5.84. The van der Waals surface area contributed by atoms with Gasteiger partial charge in [-0.3, -0.25) is 4.79 Å². The van der Waals surface area contributed by atoms with Crippen LogP contribution in [0.5, 0.6) is 0 Å². The minimum atomic E-state index is -0.778. The van der Waals surface area contributed by atoms with E-state index in [1.165, 1.54) is 24.8 Å². The van der Waals surface area contributed by atoms with E-state index in [9.17, 15) is 20.1 Å². The number of carbonyl (C=O) groups excluding carboxylic acids is 1. The summed E-state index contributed by atoms with van der Waals surface area (Å²) >= 11 is 0. The second-order valence-corrected chi connectivity index (χ2v) is 12.5. The van der Waals surface area contributed by atoms with Crippen molar-refractivity contribution in [3.05, 3.63) is 47.6 Å². The maximum Gasteiger partial charge on any atom is 0.315 e. The van der Waals surface area contributed by atoms with Crippen LogP contribution in [0.4, 0.5) is 0 Å². The summed E-state index contributed by atoms with van der Waals surface area (Å²) < 4.78 is 5.44. The standard InChI is InChI=1S/C32H48O5/c1-5-6-18-37-30(36)32(16-17-32)29(35)14-9-21(2)25-12-13-26-24(8-7-15-31(25,26)4)11-10-23-19-27(33)22(3)28(34)20-23/h9-11,14,21,25-29,33-35H,3,5-8,12-13,15-20H2,1-2,4H3/t21-,25-,26+,27-,28-,29-,31-/m1/s1. The topological polar surface area (TPSA) is 87.0 Å². The summed E-state index contributed by atoms with van der Waals surface area (Å²) in [7, 11) is 0. The summed E-state index contributed by atoms with van der Waals surface area (Å²) in [6.45, 7) is 11.0. The zero-order chi connectivity index (χ0) is 26.8. The van der Waals surface area contributed by atoms with Crippen molar-refractivity contribution in [2.75, 3.05) is 6.61 Å². The van der Waals surface area contributed by atoms with Crippen LogP contribution in [0.25, 0.3) is 0 Å². The van der Waals surface area contributed by atoms with Gasteiger partial charge in [-0.25, -0.2) is 0 Å². The van der Waals surface area contributed by atoms with Crippen molar-refractivity contribution in [2.24, 2.45) is 28.6 Å². The summed E-state index contributed by atoms with van der Waals surface area (Å²) in [6, 6.07) is 0. The van der Waals surface area contributed by atoms with Gasteiger partial charge < -0.3 is 20.1 Å².